The fourth-order valence-electron chi connectivity index (χ4n) is 5.91. The van der Waals surface area contributed by atoms with Crippen molar-refractivity contribution in [1.29, 1.82) is 0 Å². The fourth-order valence-corrected chi connectivity index (χ4v) is 13.2. The fraction of sp³-hybridized carbons (Fsp3) is 0.250. The Bertz CT molecular complexity index is 1070. The molecule has 172 valence electrons. The predicted molar refractivity (Wildman–Crippen MR) is 153 cm³/mol. The maximum absolute atomic E-state index is 2.48. The molecule has 1 aliphatic carbocycles. The van der Waals surface area contributed by atoms with E-state index in [1.54, 1.807) is 0 Å². The van der Waals surface area contributed by atoms with E-state index in [1.165, 1.54) is 53.3 Å². The first kappa shape index (κ1) is 23.5. The highest BCUT2D eigenvalue weighted by molar-refractivity contribution is 7.78. The first-order chi connectivity index (χ1) is 16.8. The monoisotopic (exact) mass is 480 g/mol. The van der Waals surface area contributed by atoms with Crippen LogP contribution in [-0.4, -0.2) is 10.8 Å². The lowest BCUT2D eigenvalue weighted by atomic mass is 9.85. The van der Waals surface area contributed by atoms with Crippen LogP contribution >= 0.6 is 15.8 Å². The first-order valence-corrected chi connectivity index (χ1v) is 15.4. The Morgan fingerprint density at radius 1 is 0.588 bits per heavy atom. The molecule has 2 atom stereocenters. The van der Waals surface area contributed by atoms with Gasteiger partial charge in [0, 0.05) is 5.16 Å². The second kappa shape index (κ2) is 11.0. The van der Waals surface area contributed by atoms with E-state index in [9.17, 15) is 0 Å². The summed E-state index contributed by atoms with van der Waals surface area (Å²) in [7, 11) is -0.949. The van der Waals surface area contributed by atoms with Crippen molar-refractivity contribution in [3.8, 4) is 0 Å². The Morgan fingerprint density at radius 2 is 1.00 bits per heavy atom. The number of rotatable bonds is 7. The van der Waals surface area contributed by atoms with Gasteiger partial charge < -0.3 is 0 Å². The second-order valence-electron chi connectivity index (χ2n) is 9.27. The molecule has 0 saturated heterocycles. The van der Waals surface area contributed by atoms with Crippen LogP contribution in [0.2, 0.25) is 0 Å². The van der Waals surface area contributed by atoms with Crippen molar-refractivity contribution in [2.75, 3.05) is 0 Å². The number of hydrogen-bond acceptors (Lipinski definition) is 0. The van der Waals surface area contributed by atoms with Gasteiger partial charge in [-0.05, 0) is 62.0 Å². The minimum atomic E-state index is -0.490. The van der Waals surface area contributed by atoms with Crippen molar-refractivity contribution in [3.05, 3.63) is 121 Å². The number of hydrogen-bond donors (Lipinski definition) is 0. The average Bonchev–Trinajstić information content (AvgIpc) is 2.92. The van der Waals surface area contributed by atoms with Crippen molar-refractivity contribution >= 4 is 37.1 Å². The van der Waals surface area contributed by atoms with Crippen molar-refractivity contribution in [1.82, 2.24) is 0 Å². The van der Waals surface area contributed by atoms with Gasteiger partial charge >= 0.3 is 0 Å². The average molecular weight is 481 g/mol. The highest BCUT2D eigenvalue weighted by Crippen LogP contribution is 2.64. The van der Waals surface area contributed by atoms with E-state index >= 15 is 0 Å². The largest absolute Gasteiger partial charge is 0.0645 e. The van der Waals surface area contributed by atoms with Gasteiger partial charge in [-0.15, -0.1) is 0 Å². The predicted octanol–water partition coefficient (Wildman–Crippen LogP) is 7.34. The zero-order valence-electron chi connectivity index (χ0n) is 20.1. The first-order valence-electron chi connectivity index (χ1n) is 12.6. The lowest BCUT2D eigenvalue weighted by Gasteiger charge is -2.52. The van der Waals surface area contributed by atoms with Gasteiger partial charge in [0.25, 0.3) is 0 Å². The van der Waals surface area contributed by atoms with E-state index < -0.39 is 15.8 Å². The lowest BCUT2D eigenvalue weighted by Crippen LogP contribution is -2.48. The summed E-state index contributed by atoms with van der Waals surface area (Å²) < 4.78 is 0. The van der Waals surface area contributed by atoms with E-state index in [4.69, 9.17) is 0 Å². The smallest absolute Gasteiger partial charge is 0.00564 e. The summed E-state index contributed by atoms with van der Waals surface area (Å²) in [5.41, 5.74) is 0.664. The van der Waals surface area contributed by atoms with Gasteiger partial charge in [0.2, 0.25) is 0 Å². The highest BCUT2D eigenvalue weighted by Gasteiger charge is 2.49. The minimum Gasteiger partial charge on any atom is -0.0645 e. The molecule has 1 fully saturated rings. The van der Waals surface area contributed by atoms with Crippen molar-refractivity contribution in [2.45, 2.75) is 49.8 Å². The van der Waals surface area contributed by atoms with Crippen molar-refractivity contribution in [2.24, 2.45) is 0 Å². The molecule has 34 heavy (non-hydrogen) atoms. The molecule has 0 aliphatic heterocycles. The van der Waals surface area contributed by atoms with E-state index in [0.717, 1.165) is 0 Å². The standard InChI is InChI=1S/C32H34P2/c1-2-32(34(29-21-11-5-12-22-29)30-23-13-6-14-24-30)26-16-15-25-31(32)33(27-17-7-3-8-18-27)28-19-9-4-10-20-28/h3-14,17-24,31H,2,15-16,25-26H2,1H3. The van der Waals surface area contributed by atoms with Gasteiger partial charge in [-0.1, -0.05) is 141 Å². The summed E-state index contributed by atoms with van der Waals surface area (Å²) >= 11 is 0. The van der Waals surface area contributed by atoms with Gasteiger partial charge in [-0.3, -0.25) is 0 Å². The maximum atomic E-state index is 2.48. The maximum Gasteiger partial charge on any atom is 0.00564 e. The van der Waals surface area contributed by atoms with Crippen LogP contribution in [0.1, 0.15) is 39.0 Å². The Morgan fingerprint density at radius 3 is 1.41 bits per heavy atom. The molecule has 4 aromatic carbocycles. The molecular weight excluding hydrogens is 446 g/mol. The molecule has 0 N–H and O–H groups in total. The highest BCUT2D eigenvalue weighted by atomic mass is 31.1. The summed E-state index contributed by atoms with van der Waals surface area (Å²) in [5, 5.41) is 6.42. The third-order valence-electron chi connectivity index (χ3n) is 7.42. The van der Waals surface area contributed by atoms with Crippen LogP contribution in [-0.2, 0) is 0 Å². The SMILES string of the molecule is CCC1(P(c2ccccc2)c2ccccc2)CCCCC1P(c1ccccc1)c1ccccc1. The molecule has 1 aliphatic rings. The zero-order chi connectivity index (χ0) is 23.2. The van der Waals surface area contributed by atoms with Gasteiger partial charge in [0.05, 0.1) is 0 Å². The second-order valence-corrected chi connectivity index (χ2v) is 14.3. The minimum absolute atomic E-state index is 0.285. The molecule has 0 heterocycles. The van der Waals surface area contributed by atoms with Crippen LogP contribution in [0.3, 0.4) is 0 Å². The topological polar surface area (TPSA) is 0 Å². The molecule has 1 saturated carbocycles. The van der Waals surface area contributed by atoms with E-state index in [-0.39, 0.29) is 5.16 Å². The molecule has 0 spiro atoms. The Labute approximate surface area is 208 Å². The van der Waals surface area contributed by atoms with E-state index in [1.807, 2.05) is 0 Å². The molecule has 0 nitrogen and oxygen atoms in total. The summed E-state index contributed by atoms with van der Waals surface area (Å²) in [6, 6.07) is 45.7. The normalized spacial score (nSPS) is 20.5. The van der Waals surface area contributed by atoms with Gasteiger partial charge in [-0.25, -0.2) is 0 Å². The van der Waals surface area contributed by atoms with Gasteiger partial charge in [0.1, 0.15) is 0 Å². The van der Waals surface area contributed by atoms with Gasteiger partial charge in [-0.2, -0.15) is 0 Å². The Kier molecular flexibility index (Phi) is 7.59. The summed E-state index contributed by atoms with van der Waals surface area (Å²) in [6.45, 7) is 2.48. The molecule has 5 rings (SSSR count). The van der Waals surface area contributed by atoms with Crippen LogP contribution in [0.15, 0.2) is 121 Å². The third-order valence-corrected chi connectivity index (χ3v) is 14.1. The van der Waals surface area contributed by atoms with Crippen LogP contribution in [0.25, 0.3) is 0 Å². The molecular formula is C32H34P2. The quantitative estimate of drug-likeness (QED) is 0.243. The molecule has 0 amide bonds. The molecule has 0 bridgehead atoms. The Hall–Kier alpha value is -2.26. The van der Waals surface area contributed by atoms with Crippen LogP contribution < -0.4 is 21.2 Å². The summed E-state index contributed by atoms with van der Waals surface area (Å²) in [4.78, 5) is 0. The lowest BCUT2D eigenvalue weighted by molar-refractivity contribution is 0.392. The van der Waals surface area contributed by atoms with Crippen LogP contribution in [0.4, 0.5) is 0 Å². The molecule has 0 radical (unpaired) electrons. The molecule has 2 heteroatoms. The van der Waals surface area contributed by atoms with E-state index in [2.05, 4.69) is 128 Å². The summed E-state index contributed by atoms with van der Waals surface area (Å²) in [6.07, 6.45) is 6.56. The summed E-state index contributed by atoms with van der Waals surface area (Å²) in [5.74, 6) is 0. The van der Waals surface area contributed by atoms with Crippen LogP contribution in [0.5, 0.6) is 0 Å². The third kappa shape index (κ3) is 4.64. The van der Waals surface area contributed by atoms with Crippen molar-refractivity contribution < 1.29 is 0 Å². The Balaban J connectivity index is 1.71. The molecule has 4 aromatic rings. The van der Waals surface area contributed by atoms with Gasteiger partial charge in [0.15, 0.2) is 0 Å². The molecule has 0 aromatic heterocycles. The van der Waals surface area contributed by atoms with Crippen molar-refractivity contribution in [3.63, 3.8) is 0 Å². The molecule has 2 unspecified atom stereocenters. The van der Waals surface area contributed by atoms with Crippen LogP contribution in [0, 0.1) is 0 Å². The number of benzene rings is 4. The zero-order valence-corrected chi connectivity index (χ0v) is 21.8. The van der Waals surface area contributed by atoms with E-state index in [0.29, 0.717) is 5.66 Å².